The van der Waals surface area contributed by atoms with E-state index in [2.05, 4.69) is 4.98 Å². The van der Waals surface area contributed by atoms with Crippen LogP contribution in [-0.2, 0) is 20.9 Å². The molecule has 5 nitrogen and oxygen atoms in total. The molecule has 0 saturated carbocycles. The minimum atomic E-state index is -0.466. The SMILES string of the molecule is COC(=O)C(C)CN(Cc1ccccn1)C(=O)/C=C/c1ccc(F)cc1. The Balaban J connectivity index is 2.13. The lowest BCUT2D eigenvalue weighted by Gasteiger charge is -2.23. The molecule has 0 saturated heterocycles. The van der Waals surface area contributed by atoms with E-state index in [4.69, 9.17) is 4.74 Å². The van der Waals surface area contributed by atoms with Crippen LogP contribution < -0.4 is 0 Å². The second-order valence-electron chi connectivity index (χ2n) is 5.85. The van der Waals surface area contributed by atoms with Crippen LogP contribution in [0.25, 0.3) is 6.08 Å². The molecule has 2 rings (SSSR count). The Hall–Kier alpha value is -3.02. The van der Waals surface area contributed by atoms with Gasteiger partial charge in [-0.1, -0.05) is 25.1 Å². The van der Waals surface area contributed by atoms with Crippen molar-refractivity contribution in [1.82, 2.24) is 9.88 Å². The van der Waals surface area contributed by atoms with Crippen LogP contribution in [0.15, 0.2) is 54.7 Å². The quantitative estimate of drug-likeness (QED) is 0.565. The Bertz CT molecular complexity index is 760. The number of carbonyl (C=O) groups is 2. The van der Waals surface area contributed by atoms with Gasteiger partial charge in [-0.05, 0) is 35.9 Å². The van der Waals surface area contributed by atoms with Crippen molar-refractivity contribution in [2.75, 3.05) is 13.7 Å². The summed E-state index contributed by atoms with van der Waals surface area (Å²) < 4.78 is 17.7. The van der Waals surface area contributed by atoms with E-state index >= 15 is 0 Å². The molecular weight excluding hydrogens is 335 g/mol. The molecule has 1 aromatic carbocycles. The van der Waals surface area contributed by atoms with Crippen LogP contribution in [0.1, 0.15) is 18.2 Å². The molecule has 0 radical (unpaired) electrons. The summed E-state index contributed by atoms with van der Waals surface area (Å²) >= 11 is 0. The minimum absolute atomic E-state index is 0.204. The summed E-state index contributed by atoms with van der Waals surface area (Å²) in [6, 6.07) is 11.3. The number of pyridine rings is 1. The van der Waals surface area contributed by atoms with Gasteiger partial charge in [-0.3, -0.25) is 14.6 Å². The number of nitrogens with zero attached hydrogens (tertiary/aromatic N) is 2. The van der Waals surface area contributed by atoms with Crippen LogP contribution in [0.4, 0.5) is 4.39 Å². The van der Waals surface area contributed by atoms with E-state index in [1.165, 1.54) is 30.2 Å². The number of methoxy groups -OCH3 is 1. The zero-order valence-corrected chi connectivity index (χ0v) is 14.8. The number of amides is 1. The van der Waals surface area contributed by atoms with E-state index < -0.39 is 5.92 Å². The van der Waals surface area contributed by atoms with Crippen molar-refractivity contribution < 1.29 is 18.7 Å². The Kier molecular flexibility index (Phi) is 7.02. The van der Waals surface area contributed by atoms with E-state index in [-0.39, 0.29) is 30.8 Å². The maximum Gasteiger partial charge on any atom is 0.310 e. The summed E-state index contributed by atoms with van der Waals surface area (Å²) in [5.74, 6) is -1.45. The fourth-order valence-electron chi connectivity index (χ4n) is 2.37. The van der Waals surface area contributed by atoms with Gasteiger partial charge in [-0.2, -0.15) is 0 Å². The number of halogens is 1. The number of ether oxygens (including phenoxy) is 1. The predicted octanol–water partition coefficient (Wildman–Crippen LogP) is 3.07. The third-order valence-corrected chi connectivity index (χ3v) is 3.78. The van der Waals surface area contributed by atoms with Crippen molar-refractivity contribution >= 4 is 18.0 Å². The van der Waals surface area contributed by atoms with Gasteiger partial charge in [0.15, 0.2) is 0 Å². The molecule has 0 N–H and O–H groups in total. The summed E-state index contributed by atoms with van der Waals surface area (Å²) in [6.07, 6.45) is 4.66. The lowest BCUT2D eigenvalue weighted by Crippen LogP contribution is -2.36. The molecular formula is C20H21FN2O3. The highest BCUT2D eigenvalue weighted by molar-refractivity contribution is 5.92. The number of aromatic nitrogens is 1. The highest BCUT2D eigenvalue weighted by Gasteiger charge is 2.20. The molecule has 2 aromatic rings. The maximum absolute atomic E-state index is 13.0. The summed E-state index contributed by atoms with van der Waals surface area (Å²) in [7, 11) is 1.32. The van der Waals surface area contributed by atoms with Gasteiger partial charge in [0.2, 0.25) is 5.91 Å². The Morgan fingerprint density at radius 2 is 1.96 bits per heavy atom. The molecule has 0 aliphatic heterocycles. The highest BCUT2D eigenvalue weighted by Crippen LogP contribution is 2.10. The number of carbonyl (C=O) groups excluding carboxylic acids is 2. The number of hydrogen-bond acceptors (Lipinski definition) is 4. The number of rotatable bonds is 7. The lowest BCUT2D eigenvalue weighted by molar-refractivity contribution is -0.146. The van der Waals surface area contributed by atoms with Gasteiger partial charge in [0.1, 0.15) is 5.82 Å². The number of benzene rings is 1. The first-order valence-electron chi connectivity index (χ1n) is 8.20. The maximum atomic E-state index is 13.0. The third-order valence-electron chi connectivity index (χ3n) is 3.78. The van der Waals surface area contributed by atoms with Gasteiger partial charge < -0.3 is 9.64 Å². The van der Waals surface area contributed by atoms with E-state index in [9.17, 15) is 14.0 Å². The monoisotopic (exact) mass is 356 g/mol. The van der Waals surface area contributed by atoms with Crippen LogP contribution in [0.2, 0.25) is 0 Å². The fraction of sp³-hybridized carbons (Fsp3) is 0.250. The van der Waals surface area contributed by atoms with Crippen LogP contribution in [0.5, 0.6) is 0 Å². The summed E-state index contributed by atoms with van der Waals surface area (Å²) in [6.45, 7) is 2.18. The van der Waals surface area contributed by atoms with Crippen molar-refractivity contribution in [3.8, 4) is 0 Å². The molecule has 0 aliphatic rings. The molecule has 1 amide bonds. The molecule has 0 aliphatic carbocycles. The normalized spacial score (nSPS) is 12.0. The zero-order valence-electron chi connectivity index (χ0n) is 14.8. The van der Waals surface area contributed by atoms with Crippen molar-refractivity contribution in [3.05, 3.63) is 71.8 Å². The topological polar surface area (TPSA) is 59.5 Å². The lowest BCUT2D eigenvalue weighted by atomic mass is 10.1. The first-order valence-corrected chi connectivity index (χ1v) is 8.20. The van der Waals surface area contributed by atoms with Crippen LogP contribution in [0, 0.1) is 11.7 Å². The molecule has 6 heteroatoms. The zero-order chi connectivity index (χ0) is 18.9. The molecule has 26 heavy (non-hydrogen) atoms. The van der Waals surface area contributed by atoms with Crippen LogP contribution in [0.3, 0.4) is 0 Å². The molecule has 1 atom stereocenters. The van der Waals surface area contributed by atoms with Crippen LogP contribution in [-0.4, -0.2) is 35.4 Å². The van der Waals surface area contributed by atoms with E-state index in [0.29, 0.717) is 11.3 Å². The predicted molar refractivity (Wildman–Crippen MR) is 96.3 cm³/mol. The number of hydrogen-bond donors (Lipinski definition) is 0. The first kappa shape index (κ1) is 19.3. The Morgan fingerprint density at radius 3 is 2.58 bits per heavy atom. The van der Waals surface area contributed by atoms with Crippen molar-refractivity contribution in [2.45, 2.75) is 13.5 Å². The van der Waals surface area contributed by atoms with Gasteiger partial charge in [0.25, 0.3) is 0 Å². The van der Waals surface area contributed by atoms with Crippen molar-refractivity contribution in [2.24, 2.45) is 5.92 Å². The average molecular weight is 356 g/mol. The average Bonchev–Trinajstić information content (AvgIpc) is 2.66. The van der Waals surface area contributed by atoms with E-state index in [1.54, 1.807) is 37.4 Å². The van der Waals surface area contributed by atoms with Crippen molar-refractivity contribution in [3.63, 3.8) is 0 Å². The van der Waals surface area contributed by atoms with Crippen molar-refractivity contribution in [1.29, 1.82) is 0 Å². The third kappa shape index (κ3) is 5.81. The molecule has 136 valence electrons. The van der Waals surface area contributed by atoms with Gasteiger partial charge in [0.05, 0.1) is 25.3 Å². The number of esters is 1. The minimum Gasteiger partial charge on any atom is -0.469 e. The molecule has 1 aromatic heterocycles. The summed E-state index contributed by atoms with van der Waals surface area (Å²) in [4.78, 5) is 30.1. The fourth-order valence-corrected chi connectivity index (χ4v) is 2.37. The van der Waals surface area contributed by atoms with Crippen LogP contribution >= 0.6 is 0 Å². The Morgan fingerprint density at radius 1 is 1.23 bits per heavy atom. The molecule has 1 unspecified atom stereocenters. The Labute approximate surface area is 152 Å². The second kappa shape index (κ2) is 9.46. The molecule has 0 bridgehead atoms. The van der Waals surface area contributed by atoms with Gasteiger partial charge in [0, 0.05) is 18.8 Å². The molecule has 0 fully saturated rings. The molecule has 0 spiro atoms. The van der Waals surface area contributed by atoms with E-state index in [0.717, 1.165) is 0 Å². The summed E-state index contributed by atoms with van der Waals surface area (Å²) in [5, 5.41) is 0. The first-order chi connectivity index (χ1) is 12.5. The van der Waals surface area contributed by atoms with Gasteiger partial charge in [-0.15, -0.1) is 0 Å². The smallest absolute Gasteiger partial charge is 0.310 e. The molecule has 1 heterocycles. The standard InChI is InChI=1S/C20H21FN2O3/c1-15(20(25)26-2)13-23(14-18-5-3-4-12-22-18)19(24)11-8-16-6-9-17(21)10-7-16/h3-12,15H,13-14H2,1-2H3/b11-8+. The van der Waals surface area contributed by atoms with Gasteiger partial charge >= 0.3 is 5.97 Å². The largest absolute Gasteiger partial charge is 0.469 e. The highest BCUT2D eigenvalue weighted by atomic mass is 19.1. The van der Waals surface area contributed by atoms with Gasteiger partial charge in [-0.25, -0.2) is 4.39 Å². The summed E-state index contributed by atoms with van der Waals surface area (Å²) in [5.41, 5.74) is 1.42. The second-order valence-corrected chi connectivity index (χ2v) is 5.85. The van der Waals surface area contributed by atoms with E-state index in [1.807, 2.05) is 12.1 Å².